The van der Waals surface area contributed by atoms with Crippen LogP contribution in [0.2, 0.25) is 0 Å². The maximum Gasteiger partial charge on any atom is 0.263 e. The van der Waals surface area contributed by atoms with E-state index < -0.39 is 0 Å². The Balaban J connectivity index is 1.84. The van der Waals surface area contributed by atoms with Crippen molar-refractivity contribution in [3.63, 3.8) is 0 Å². The fraction of sp³-hybridized carbons (Fsp3) is 0.438. The number of rotatable bonds is 3. The third kappa shape index (κ3) is 2.62. The number of nitrogens with one attached hydrogen (secondary N) is 1. The summed E-state index contributed by atoms with van der Waals surface area (Å²) in [5.74, 6) is -0.0158. The summed E-state index contributed by atoms with van der Waals surface area (Å²) >= 11 is 1.25. The first kappa shape index (κ1) is 14.3. The summed E-state index contributed by atoms with van der Waals surface area (Å²) in [6.45, 7) is 2.04. The van der Waals surface area contributed by atoms with Gasteiger partial charge >= 0.3 is 0 Å². The topological polar surface area (TPSA) is 55.1 Å². The van der Waals surface area contributed by atoms with E-state index in [0.717, 1.165) is 12.8 Å². The molecule has 1 aliphatic carbocycles. The van der Waals surface area contributed by atoms with Crippen LogP contribution in [0.4, 0.5) is 10.1 Å². The van der Waals surface area contributed by atoms with E-state index >= 15 is 0 Å². The maximum atomic E-state index is 13.8. The monoisotopic (exact) mass is 306 g/mol. The number of hydrogen-bond donors (Lipinski definition) is 2. The van der Waals surface area contributed by atoms with Crippen molar-refractivity contribution in [3.8, 4) is 0 Å². The van der Waals surface area contributed by atoms with Gasteiger partial charge in [0, 0.05) is 10.7 Å². The van der Waals surface area contributed by atoms with Crippen LogP contribution in [0.15, 0.2) is 18.2 Å². The number of nitrogen functional groups attached to an aromatic ring is 1. The Morgan fingerprint density at radius 2 is 2.14 bits per heavy atom. The Labute approximate surface area is 127 Å². The molecule has 0 spiro atoms. The van der Waals surface area contributed by atoms with Crippen LogP contribution in [0, 0.1) is 11.7 Å². The van der Waals surface area contributed by atoms with E-state index in [4.69, 9.17) is 5.73 Å². The molecule has 0 saturated heterocycles. The van der Waals surface area contributed by atoms with Crippen molar-refractivity contribution in [3.05, 3.63) is 28.9 Å². The second-order valence-corrected chi connectivity index (χ2v) is 6.82. The normalized spacial score (nSPS) is 17.2. The fourth-order valence-electron chi connectivity index (χ4n) is 3.15. The minimum atomic E-state index is -0.371. The van der Waals surface area contributed by atoms with E-state index in [0.29, 0.717) is 20.9 Å². The van der Waals surface area contributed by atoms with Gasteiger partial charge in [-0.05, 0) is 37.8 Å². The number of anilines is 1. The van der Waals surface area contributed by atoms with Gasteiger partial charge in [0.05, 0.1) is 11.1 Å². The van der Waals surface area contributed by atoms with E-state index in [1.807, 2.05) is 6.92 Å². The first-order valence-corrected chi connectivity index (χ1v) is 8.17. The average Bonchev–Trinajstić information content (AvgIpc) is 3.07. The average molecular weight is 306 g/mol. The lowest BCUT2D eigenvalue weighted by Gasteiger charge is -2.20. The summed E-state index contributed by atoms with van der Waals surface area (Å²) in [5.41, 5.74) is 6.23. The van der Waals surface area contributed by atoms with Crippen molar-refractivity contribution in [1.82, 2.24) is 5.32 Å². The molecule has 1 fully saturated rings. The standard InChI is InChI=1S/C16H19FN2OS/c1-9(10-5-2-3-6-10)19-16(20)15-14(18)13-11(17)7-4-8-12(13)21-15/h4,7-10H,2-3,5-6,18H2,1H3,(H,19,20). The molecule has 112 valence electrons. The number of benzene rings is 1. The van der Waals surface area contributed by atoms with Gasteiger partial charge in [-0.15, -0.1) is 11.3 Å². The molecule has 1 amide bonds. The fourth-order valence-corrected chi connectivity index (χ4v) is 4.19. The largest absolute Gasteiger partial charge is 0.397 e. The van der Waals surface area contributed by atoms with Crippen LogP contribution in [0.3, 0.4) is 0 Å². The van der Waals surface area contributed by atoms with Crippen LogP contribution in [0.5, 0.6) is 0 Å². The highest BCUT2D eigenvalue weighted by atomic mass is 32.1. The van der Waals surface area contributed by atoms with Crippen LogP contribution in [-0.2, 0) is 0 Å². The zero-order chi connectivity index (χ0) is 15.0. The summed E-state index contributed by atoms with van der Waals surface area (Å²) in [6, 6.07) is 4.93. The van der Waals surface area contributed by atoms with Gasteiger partial charge in [0.25, 0.3) is 5.91 Å². The third-order valence-electron chi connectivity index (χ3n) is 4.37. The Morgan fingerprint density at radius 1 is 1.43 bits per heavy atom. The maximum absolute atomic E-state index is 13.8. The molecule has 3 rings (SSSR count). The number of thiophene rings is 1. The van der Waals surface area contributed by atoms with Crippen LogP contribution in [-0.4, -0.2) is 11.9 Å². The Bertz CT molecular complexity index is 676. The molecule has 1 atom stereocenters. The molecule has 5 heteroatoms. The molecule has 1 aromatic carbocycles. The lowest BCUT2D eigenvalue weighted by atomic mass is 10.00. The van der Waals surface area contributed by atoms with Gasteiger partial charge in [-0.2, -0.15) is 0 Å². The molecule has 1 heterocycles. The molecule has 0 aliphatic heterocycles. The van der Waals surface area contributed by atoms with Crippen LogP contribution in [0.25, 0.3) is 10.1 Å². The molecule has 0 radical (unpaired) electrons. The summed E-state index contributed by atoms with van der Waals surface area (Å²) < 4.78 is 14.5. The number of nitrogens with two attached hydrogens (primary N) is 1. The van der Waals surface area contributed by atoms with Crippen LogP contribution in [0.1, 0.15) is 42.3 Å². The highest BCUT2D eigenvalue weighted by Crippen LogP contribution is 2.35. The van der Waals surface area contributed by atoms with Gasteiger partial charge in [-0.25, -0.2) is 4.39 Å². The molecule has 3 N–H and O–H groups in total. The quantitative estimate of drug-likeness (QED) is 0.902. The molecule has 1 saturated carbocycles. The third-order valence-corrected chi connectivity index (χ3v) is 5.54. The smallest absolute Gasteiger partial charge is 0.263 e. The Hall–Kier alpha value is -1.62. The van der Waals surface area contributed by atoms with E-state index in [9.17, 15) is 9.18 Å². The lowest BCUT2D eigenvalue weighted by molar-refractivity contribution is 0.0932. The second-order valence-electron chi connectivity index (χ2n) is 5.76. The molecule has 2 aromatic rings. The number of carbonyl (C=O) groups excluding carboxylic acids is 1. The Morgan fingerprint density at radius 3 is 2.81 bits per heavy atom. The van der Waals surface area contributed by atoms with Gasteiger partial charge in [0.15, 0.2) is 0 Å². The van der Waals surface area contributed by atoms with Gasteiger partial charge in [-0.1, -0.05) is 18.9 Å². The van der Waals surface area contributed by atoms with Gasteiger partial charge in [0.2, 0.25) is 0 Å². The van der Waals surface area contributed by atoms with E-state index in [2.05, 4.69) is 5.32 Å². The van der Waals surface area contributed by atoms with Crippen molar-refractivity contribution in [1.29, 1.82) is 0 Å². The number of carbonyl (C=O) groups is 1. The first-order chi connectivity index (χ1) is 10.1. The number of fused-ring (bicyclic) bond motifs is 1. The number of hydrogen-bond acceptors (Lipinski definition) is 3. The van der Waals surface area contributed by atoms with Crippen LogP contribution < -0.4 is 11.1 Å². The molecular weight excluding hydrogens is 287 g/mol. The molecule has 21 heavy (non-hydrogen) atoms. The first-order valence-electron chi connectivity index (χ1n) is 7.35. The Kier molecular flexibility index (Phi) is 3.85. The predicted octanol–water partition coefficient (Wildman–Crippen LogP) is 3.93. The summed E-state index contributed by atoms with van der Waals surface area (Å²) in [4.78, 5) is 12.8. The highest BCUT2D eigenvalue weighted by molar-refractivity contribution is 7.21. The van der Waals surface area contributed by atoms with Crippen molar-refractivity contribution < 1.29 is 9.18 Å². The highest BCUT2D eigenvalue weighted by Gasteiger charge is 2.25. The minimum absolute atomic E-state index is 0.134. The van der Waals surface area contributed by atoms with Crippen molar-refractivity contribution >= 4 is 33.0 Å². The zero-order valence-corrected chi connectivity index (χ0v) is 12.8. The van der Waals surface area contributed by atoms with Crippen molar-refractivity contribution in [2.75, 3.05) is 5.73 Å². The molecule has 1 aromatic heterocycles. The van der Waals surface area contributed by atoms with Gasteiger partial charge in [0.1, 0.15) is 10.7 Å². The minimum Gasteiger partial charge on any atom is -0.397 e. The lowest BCUT2D eigenvalue weighted by Crippen LogP contribution is -2.37. The van der Waals surface area contributed by atoms with E-state index in [-0.39, 0.29) is 23.5 Å². The zero-order valence-electron chi connectivity index (χ0n) is 12.0. The summed E-state index contributed by atoms with van der Waals surface area (Å²) in [7, 11) is 0. The number of halogens is 1. The second kappa shape index (κ2) is 5.64. The predicted molar refractivity (Wildman–Crippen MR) is 85.1 cm³/mol. The van der Waals surface area contributed by atoms with Gasteiger partial charge in [-0.3, -0.25) is 4.79 Å². The summed E-state index contributed by atoms with van der Waals surface area (Å²) in [5, 5.41) is 3.39. The molecule has 1 unspecified atom stereocenters. The molecule has 0 bridgehead atoms. The summed E-state index contributed by atoms with van der Waals surface area (Å²) in [6.07, 6.45) is 4.80. The number of amides is 1. The van der Waals surface area contributed by atoms with Crippen LogP contribution >= 0.6 is 11.3 Å². The molecular formula is C16H19FN2OS. The SMILES string of the molecule is CC(NC(=O)c1sc2cccc(F)c2c1N)C1CCCC1. The van der Waals surface area contributed by atoms with E-state index in [1.165, 1.54) is 30.2 Å². The van der Waals surface area contributed by atoms with E-state index in [1.54, 1.807) is 12.1 Å². The molecule has 3 nitrogen and oxygen atoms in total. The van der Waals surface area contributed by atoms with Crippen molar-refractivity contribution in [2.45, 2.75) is 38.6 Å². The van der Waals surface area contributed by atoms with Gasteiger partial charge < -0.3 is 11.1 Å². The molecule has 1 aliphatic rings. The van der Waals surface area contributed by atoms with Crippen molar-refractivity contribution in [2.24, 2.45) is 5.92 Å².